The molecule has 0 atom stereocenters. The highest BCUT2D eigenvalue weighted by Gasteiger charge is 2.19. The SMILES string of the molecule is Fc1cccc(CN2CCn3cc(Cn4cncn4)nc3C2)c1. The van der Waals surface area contributed by atoms with E-state index in [1.807, 2.05) is 6.07 Å². The first-order chi connectivity index (χ1) is 11.3. The lowest BCUT2D eigenvalue weighted by Gasteiger charge is -2.27. The van der Waals surface area contributed by atoms with Crippen molar-refractivity contribution in [3.63, 3.8) is 0 Å². The van der Waals surface area contributed by atoms with Crippen molar-refractivity contribution >= 4 is 0 Å². The van der Waals surface area contributed by atoms with Crippen LogP contribution in [0.4, 0.5) is 4.39 Å². The molecule has 6 nitrogen and oxygen atoms in total. The van der Waals surface area contributed by atoms with Crippen molar-refractivity contribution in [2.45, 2.75) is 26.2 Å². The Kier molecular flexibility index (Phi) is 3.63. The molecule has 0 aliphatic carbocycles. The Hall–Kier alpha value is -2.54. The molecule has 1 aliphatic heterocycles. The van der Waals surface area contributed by atoms with Crippen molar-refractivity contribution in [1.82, 2.24) is 29.2 Å². The van der Waals surface area contributed by atoms with E-state index >= 15 is 0 Å². The van der Waals surface area contributed by atoms with Crippen molar-refractivity contribution in [3.05, 3.63) is 66.0 Å². The van der Waals surface area contributed by atoms with Crippen LogP contribution in [0.3, 0.4) is 0 Å². The summed E-state index contributed by atoms with van der Waals surface area (Å²) in [4.78, 5) is 10.9. The van der Waals surface area contributed by atoms with Crippen molar-refractivity contribution in [2.75, 3.05) is 6.54 Å². The number of halogens is 1. The van der Waals surface area contributed by atoms with Gasteiger partial charge in [-0.05, 0) is 17.7 Å². The molecule has 118 valence electrons. The quantitative estimate of drug-likeness (QED) is 0.735. The largest absolute Gasteiger partial charge is 0.332 e. The maximum Gasteiger partial charge on any atom is 0.137 e. The lowest BCUT2D eigenvalue weighted by molar-refractivity contribution is 0.208. The van der Waals surface area contributed by atoms with Gasteiger partial charge in [0.2, 0.25) is 0 Å². The molecule has 2 aromatic heterocycles. The fourth-order valence-electron chi connectivity index (χ4n) is 2.95. The molecule has 1 aromatic carbocycles. The zero-order valence-electron chi connectivity index (χ0n) is 12.6. The van der Waals surface area contributed by atoms with Crippen LogP contribution in [0.1, 0.15) is 17.1 Å². The normalized spacial score (nSPS) is 14.8. The zero-order valence-corrected chi connectivity index (χ0v) is 12.6. The fourth-order valence-corrected chi connectivity index (χ4v) is 2.95. The Morgan fingerprint density at radius 1 is 1.17 bits per heavy atom. The second kappa shape index (κ2) is 5.92. The molecule has 0 amide bonds. The minimum Gasteiger partial charge on any atom is -0.332 e. The van der Waals surface area contributed by atoms with Gasteiger partial charge in [0, 0.05) is 25.8 Å². The number of rotatable bonds is 4. The van der Waals surface area contributed by atoms with E-state index in [1.54, 1.807) is 23.1 Å². The third-order valence-electron chi connectivity index (χ3n) is 4.02. The molecule has 0 fully saturated rings. The van der Waals surface area contributed by atoms with Crippen LogP contribution in [0, 0.1) is 5.82 Å². The fraction of sp³-hybridized carbons (Fsp3) is 0.312. The standard InChI is InChI=1S/C16H17FN6/c17-14-3-1-2-13(6-14)7-21-4-5-22-8-15(20-16(22)10-21)9-23-12-18-11-19-23/h1-3,6,8,11-12H,4-5,7,9-10H2. The predicted molar refractivity (Wildman–Crippen MR) is 81.9 cm³/mol. The highest BCUT2D eigenvalue weighted by molar-refractivity contribution is 5.16. The van der Waals surface area contributed by atoms with E-state index in [0.29, 0.717) is 6.54 Å². The third-order valence-corrected chi connectivity index (χ3v) is 4.02. The van der Waals surface area contributed by atoms with Gasteiger partial charge in [-0.1, -0.05) is 12.1 Å². The predicted octanol–water partition coefficient (Wildman–Crippen LogP) is 1.68. The molecule has 4 rings (SSSR count). The molecular weight excluding hydrogens is 295 g/mol. The molecule has 23 heavy (non-hydrogen) atoms. The molecule has 3 aromatic rings. The van der Waals surface area contributed by atoms with E-state index in [0.717, 1.165) is 43.3 Å². The minimum absolute atomic E-state index is 0.184. The van der Waals surface area contributed by atoms with Gasteiger partial charge in [-0.2, -0.15) is 5.10 Å². The minimum atomic E-state index is -0.184. The lowest BCUT2D eigenvalue weighted by Crippen LogP contribution is -2.33. The van der Waals surface area contributed by atoms with Crippen molar-refractivity contribution in [2.24, 2.45) is 0 Å². The van der Waals surface area contributed by atoms with Gasteiger partial charge in [0.15, 0.2) is 0 Å². The Morgan fingerprint density at radius 3 is 2.96 bits per heavy atom. The molecule has 0 saturated carbocycles. The maximum atomic E-state index is 13.3. The average Bonchev–Trinajstić information content (AvgIpc) is 3.16. The second-order valence-electron chi connectivity index (χ2n) is 5.78. The number of nitrogens with zero attached hydrogens (tertiary/aromatic N) is 6. The molecule has 3 heterocycles. The first-order valence-electron chi connectivity index (χ1n) is 7.60. The number of hydrogen-bond donors (Lipinski definition) is 0. The molecule has 1 aliphatic rings. The van der Waals surface area contributed by atoms with Crippen LogP contribution in [-0.2, 0) is 26.2 Å². The van der Waals surface area contributed by atoms with Gasteiger partial charge in [0.25, 0.3) is 0 Å². The van der Waals surface area contributed by atoms with Crippen LogP contribution in [0.15, 0.2) is 43.1 Å². The van der Waals surface area contributed by atoms with Gasteiger partial charge in [-0.15, -0.1) is 0 Å². The second-order valence-corrected chi connectivity index (χ2v) is 5.78. The molecule has 0 radical (unpaired) electrons. The summed E-state index contributed by atoms with van der Waals surface area (Å²) in [5.41, 5.74) is 1.98. The van der Waals surface area contributed by atoms with E-state index in [1.165, 1.54) is 12.4 Å². The Morgan fingerprint density at radius 2 is 2.13 bits per heavy atom. The van der Waals surface area contributed by atoms with E-state index in [9.17, 15) is 4.39 Å². The molecule has 0 N–H and O–H groups in total. The van der Waals surface area contributed by atoms with Crippen LogP contribution >= 0.6 is 0 Å². The number of benzene rings is 1. The number of aromatic nitrogens is 5. The van der Waals surface area contributed by atoms with Crippen molar-refractivity contribution < 1.29 is 4.39 Å². The van der Waals surface area contributed by atoms with Gasteiger partial charge in [0.1, 0.15) is 24.3 Å². The number of hydrogen-bond acceptors (Lipinski definition) is 4. The van der Waals surface area contributed by atoms with Crippen LogP contribution in [0.2, 0.25) is 0 Å². The summed E-state index contributed by atoms with van der Waals surface area (Å²) in [5, 5.41) is 4.11. The van der Waals surface area contributed by atoms with Gasteiger partial charge >= 0.3 is 0 Å². The maximum absolute atomic E-state index is 13.3. The van der Waals surface area contributed by atoms with Crippen LogP contribution in [0.25, 0.3) is 0 Å². The highest BCUT2D eigenvalue weighted by atomic mass is 19.1. The summed E-state index contributed by atoms with van der Waals surface area (Å²) < 4.78 is 17.2. The molecular formula is C16H17FN6. The van der Waals surface area contributed by atoms with Crippen molar-refractivity contribution in [3.8, 4) is 0 Å². The molecule has 0 unspecified atom stereocenters. The van der Waals surface area contributed by atoms with Gasteiger partial charge in [-0.3, -0.25) is 4.90 Å². The summed E-state index contributed by atoms with van der Waals surface area (Å²) in [7, 11) is 0. The number of fused-ring (bicyclic) bond motifs is 1. The lowest BCUT2D eigenvalue weighted by atomic mass is 10.2. The number of imidazole rings is 1. The third kappa shape index (κ3) is 3.14. The highest BCUT2D eigenvalue weighted by Crippen LogP contribution is 2.16. The summed E-state index contributed by atoms with van der Waals surface area (Å²) in [6, 6.07) is 6.78. The molecule has 0 spiro atoms. The van der Waals surface area contributed by atoms with Crippen LogP contribution < -0.4 is 0 Å². The first kappa shape index (κ1) is 14.1. The van der Waals surface area contributed by atoms with E-state index in [-0.39, 0.29) is 5.82 Å². The Bertz CT molecular complexity index is 795. The molecule has 0 bridgehead atoms. The van der Waals surface area contributed by atoms with Crippen LogP contribution in [0.5, 0.6) is 0 Å². The monoisotopic (exact) mass is 312 g/mol. The topological polar surface area (TPSA) is 51.8 Å². The van der Waals surface area contributed by atoms with Crippen LogP contribution in [-0.4, -0.2) is 35.8 Å². The molecule has 7 heteroatoms. The van der Waals surface area contributed by atoms with E-state index in [2.05, 4.69) is 25.7 Å². The van der Waals surface area contributed by atoms with E-state index in [4.69, 9.17) is 4.98 Å². The summed E-state index contributed by atoms with van der Waals surface area (Å²) >= 11 is 0. The van der Waals surface area contributed by atoms with Gasteiger partial charge < -0.3 is 4.57 Å². The summed E-state index contributed by atoms with van der Waals surface area (Å²) in [6.45, 7) is 3.97. The molecule has 0 saturated heterocycles. The Balaban J connectivity index is 1.45. The average molecular weight is 312 g/mol. The smallest absolute Gasteiger partial charge is 0.137 e. The van der Waals surface area contributed by atoms with Gasteiger partial charge in [-0.25, -0.2) is 19.0 Å². The van der Waals surface area contributed by atoms with Crippen molar-refractivity contribution in [1.29, 1.82) is 0 Å². The van der Waals surface area contributed by atoms with E-state index < -0.39 is 0 Å². The first-order valence-corrected chi connectivity index (χ1v) is 7.60. The summed E-state index contributed by atoms with van der Waals surface area (Å²) in [5.74, 6) is 0.860. The van der Waals surface area contributed by atoms with Gasteiger partial charge in [0.05, 0.1) is 18.8 Å². The zero-order chi connectivity index (χ0) is 15.6. The Labute approximate surface area is 133 Å². The summed E-state index contributed by atoms with van der Waals surface area (Å²) in [6.07, 6.45) is 5.29.